The van der Waals surface area contributed by atoms with Crippen molar-refractivity contribution in [3.05, 3.63) is 88.6 Å². The van der Waals surface area contributed by atoms with E-state index >= 15 is 0 Å². The largest absolute Gasteiger partial charge is 0.490 e. The second-order valence-corrected chi connectivity index (χ2v) is 9.87. The van der Waals surface area contributed by atoms with Crippen molar-refractivity contribution >= 4 is 16.8 Å². The number of nitriles is 1. The van der Waals surface area contributed by atoms with Gasteiger partial charge in [-0.05, 0) is 61.4 Å². The fourth-order valence-corrected chi connectivity index (χ4v) is 5.06. The van der Waals surface area contributed by atoms with Crippen molar-refractivity contribution in [1.82, 2.24) is 23.9 Å². The Morgan fingerprint density at radius 3 is 2.66 bits per heavy atom. The summed E-state index contributed by atoms with van der Waals surface area (Å²) in [5.41, 5.74) is 9.65. The normalized spacial score (nSPS) is 17.5. The first-order valence-corrected chi connectivity index (χ1v) is 12.8. The third kappa shape index (κ3) is 4.74. The Kier molecular flexibility index (Phi) is 6.32. The molecule has 1 saturated carbocycles. The molecule has 1 fully saturated rings. The molecule has 3 heterocycles. The summed E-state index contributed by atoms with van der Waals surface area (Å²) >= 11 is 0. The lowest BCUT2D eigenvalue weighted by Gasteiger charge is -2.25. The predicted molar refractivity (Wildman–Crippen MR) is 144 cm³/mol. The maximum absolute atomic E-state index is 12.8. The Balaban J connectivity index is 1.22. The Morgan fingerprint density at radius 1 is 1.05 bits per heavy atom. The SMILES string of the molecule is N#Cc1ccc2nc3n(Cc4cccc(-c5ncc(OC[C@H]6CC[C@@H](N)CC6)cn5)c4)c(=O)ccn3c2c1. The van der Waals surface area contributed by atoms with Gasteiger partial charge < -0.3 is 10.5 Å². The van der Waals surface area contributed by atoms with Gasteiger partial charge in [-0.1, -0.05) is 18.2 Å². The molecule has 0 radical (unpaired) electrons. The average Bonchev–Trinajstić information content (AvgIpc) is 3.33. The summed E-state index contributed by atoms with van der Waals surface area (Å²) in [5.74, 6) is 2.29. The van der Waals surface area contributed by atoms with Crippen LogP contribution in [0.4, 0.5) is 0 Å². The van der Waals surface area contributed by atoms with Crippen LogP contribution in [0.5, 0.6) is 5.75 Å². The van der Waals surface area contributed by atoms with Crippen molar-refractivity contribution in [3.63, 3.8) is 0 Å². The lowest BCUT2D eigenvalue weighted by Crippen LogP contribution is -2.28. The number of hydrogen-bond donors (Lipinski definition) is 1. The molecular formula is C29H27N7O2. The van der Waals surface area contributed by atoms with E-state index in [1.807, 2.05) is 28.7 Å². The van der Waals surface area contributed by atoms with E-state index in [0.29, 0.717) is 48.0 Å². The molecule has 0 aliphatic heterocycles. The Hall–Kier alpha value is -4.55. The molecule has 0 spiro atoms. The second-order valence-electron chi connectivity index (χ2n) is 9.87. The van der Waals surface area contributed by atoms with Gasteiger partial charge in [0.25, 0.3) is 5.56 Å². The molecular weight excluding hydrogens is 478 g/mol. The van der Waals surface area contributed by atoms with Crippen LogP contribution in [0, 0.1) is 17.2 Å². The smallest absolute Gasteiger partial charge is 0.255 e. The third-order valence-corrected chi connectivity index (χ3v) is 7.20. The van der Waals surface area contributed by atoms with Gasteiger partial charge in [-0.2, -0.15) is 5.26 Å². The highest BCUT2D eigenvalue weighted by Gasteiger charge is 2.19. The fraction of sp³-hybridized carbons (Fsp3) is 0.276. The molecule has 3 aromatic heterocycles. The number of rotatable bonds is 6. The van der Waals surface area contributed by atoms with Crippen molar-refractivity contribution in [3.8, 4) is 23.2 Å². The van der Waals surface area contributed by atoms with Crippen LogP contribution in [0.1, 0.15) is 36.8 Å². The molecule has 0 saturated heterocycles. The number of aromatic nitrogens is 5. The van der Waals surface area contributed by atoms with Crippen molar-refractivity contribution in [2.45, 2.75) is 38.3 Å². The van der Waals surface area contributed by atoms with Crippen molar-refractivity contribution in [2.75, 3.05) is 6.61 Å². The average molecular weight is 506 g/mol. The van der Waals surface area contributed by atoms with Crippen LogP contribution in [0.15, 0.2) is 71.9 Å². The molecule has 1 aliphatic carbocycles. The van der Waals surface area contributed by atoms with E-state index in [0.717, 1.165) is 47.8 Å². The quantitative estimate of drug-likeness (QED) is 0.371. The Labute approximate surface area is 219 Å². The Morgan fingerprint density at radius 2 is 1.87 bits per heavy atom. The van der Waals surface area contributed by atoms with Gasteiger partial charge in [0, 0.05) is 23.9 Å². The zero-order valence-corrected chi connectivity index (χ0v) is 20.8. The van der Waals surface area contributed by atoms with Gasteiger partial charge in [0.1, 0.15) is 0 Å². The zero-order chi connectivity index (χ0) is 26.1. The van der Waals surface area contributed by atoms with Gasteiger partial charge in [-0.25, -0.2) is 15.0 Å². The van der Waals surface area contributed by atoms with E-state index in [-0.39, 0.29) is 5.56 Å². The summed E-state index contributed by atoms with van der Waals surface area (Å²) in [4.78, 5) is 26.5. The molecule has 2 N–H and O–H groups in total. The highest BCUT2D eigenvalue weighted by molar-refractivity contribution is 5.81. The molecule has 0 amide bonds. The van der Waals surface area contributed by atoms with Crippen molar-refractivity contribution < 1.29 is 4.74 Å². The molecule has 38 heavy (non-hydrogen) atoms. The van der Waals surface area contributed by atoms with Crippen LogP contribution in [-0.2, 0) is 6.54 Å². The van der Waals surface area contributed by atoms with E-state index in [4.69, 9.17) is 10.5 Å². The monoisotopic (exact) mass is 505 g/mol. The molecule has 0 atom stereocenters. The summed E-state index contributed by atoms with van der Waals surface area (Å²) in [6, 6.07) is 17.1. The number of hydrogen-bond acceptors (Lipinski definition) is 7. The maximum Gasteiger partial charge on any atom is 0.255 e. The molecule has 0 unspecified atom stereocenters. The molecule has 1 aliphatic rings. The van der Waals surface area contributed by atoms with E-state index in [2.05, 4.69) is 21.0 Å². The van der Waals surface area contributed by atoms with Crippen LogP contribution >= 0.6 is 0 Å². The molecule has 5 aromatic rings. The van der Waals surface area contributed by atoms with E-state index in [9.17, 15) is 10.1 Å². The van der Waals surface area contributed by atoms with Crippen LogP contribution in [-0.4, -0.2) is 36.6 Å². The van der Waals surface area contributed by atoms with Crippen LogP contribution in [0.25, 0.3) is 28.2 Å². The first-order valence-electron chi connectivity index (χ1n) is 12.8. The number of nitrogens with zero attached hydrogens (tertiary/aromatic N) is 6. The zero-order valence-electron chi connectivity index (χ0n) is 20.8. The molecule has 9 nitrogen and oxygen atoms in total. The molecule has 6 rings (SSSR count). The number of nitrogens with two attached hydrogens (primary N) is 1. The van der Waals surface area contributed by atoms with E-state index < -0.39 is 0 Å². The van der Waals surface area contributed by atoms with E-state index in [1.54, 1.807) is 41.4 Å². The summed E-state index contributed by atoms with van der Waals surface area (Å²) in [7, 11) is 0. The van der Waals surface area contributed by atoms with Gasteiger partial charge in [-0.3, -0.25) is 13.8 Å². The number of imidazole rings is 1. The lowest BCUT2D eigenvalue weighted by atomic mass is 9.87. The lowest BCUT2D eigenvalue weighted by molar-refractivity contribution is 0.199. The molecule has 190 valence electrons. The van der Waals surface area contributed by atoms with Crippen molar-refractivity contribution in [2.24, 2.45) is 11.7 Å². The fourth-order valence-electron chi connectivity index (χ4n) is 5.06. The first kappa shape index (κ1) is 23.8. The van der Waals surface area contributed by atoms with Gasteiger partial charge >= 0.3 is 0 Å². The van der Waals surface area contributed by atoms with Crippen molar-refractivity contribution in [1.29, 1.82) is 5.26 Å². The number of ether oxygens (including phenoxy) is 1. The van der Waals surface area contributed by atoms with Gasteiger partial charge in [0.15, 0.2) is 11.6 Å². The first-order chi connectivity index (χ1) is 18.6. The molecule has 0 bridgehead atoms. The summed E-state index contributed by atoms with van der Waals surface area (Å²) in [5, 5.41) is 9.27. The maximum atomic E-state index is 12.8. The second kappa shape index (κ2) is 10.1. The van der Waals surface area contributed by atoms with Gasteiger partial charge in [0.2, 0.25) is 5.78 Å². The van der Waals surface area contributed by atoms with E-state index in [1.165, 1.54) is 6.07 Å². The standard InChI is InChI=1S/C29H27N7O2/c30-14-20-6-9-25-26(13-20)35-11-10-27(37)36(29(35)34-25)17-21-2-1-3-22(12-21)28-32-15-24(16-33-28)38-18-19-4-7-23(31)8-5-19/h1-3,6,9-13,15-16,19,23H,4-5,7-8,17-18,31H2/t19-,23+. The number of benzene rings is 2. The van der Waals surface area contributed by atoms with Gasteiger partial charge in [0.05, 0.1) is 48.2 Å². The van der Waals surface area contributed by atoms with Gasteiger partial charge in [-0.15, -0.1) is 0 Å². The predicted octanol–water partition coefficient (Wildman–Crippen LogP) is 3.92. The summed E-state index contributed by atoms with van der Waals surface area (Å²) < 4.78 is 9.40. The third-order valence-electron chi connectivity index (χ3n) is 7.20. The minimum Gasteiger partial charge on any atom is -0.490 e. The van der Waals surface area contributed by atoms with Crippen LogP contribution in [0.3, 0.4) is 0 Å². The summed E-state index contributed by atoms with van der Waals surface area (Å²) in [6.07, 6.45) is 9.42. The number of fused-ring (bicyclic) bond motifs is 3. The minimum absolute atomic E-state index is 0.156. The topological polar surface area (TPSA) is 124 Å². The van der Waals surface area contributed by atoms with Crippen LogP contribution < -0.4 is 16.0 Å². The molecule has 2 aromatic carbocycles. The summed E-state index contributed by atoms with van der Waals surface area (Å²) in [6.45, 7) is 0.990. The highest BCUT2D eigenvalue weighted by atomic mass is 16.5. The highest BCUT2D eigenvalue weighted by Crippen LogP contribution is 2.25. The molecule has 9 heteroatoms. The minimum atomic E-state index is -0.156. The van der Waals surface area contributed by atoms with Crippen LogP contribution in [0.2, 0.25) is 0 Å². The Bertz CT molecular complexity index is 1710.